The van der Waals surface area contributed by atoms with Gasteiger partial charge in [0, 0.05) is 25.4 Å². The van der Waals surface area contributed by atoms with Gasteiger partial charge in [-0.15, -0.1) is 0 Å². The van der Waals surface area contributed by atoms with Crippen molar-refractivity contribution < 1.29 is 14.6 Å². The lowest BCUT2D eigenvalue weighted by Gasteiger charge is -2.22. The molecule has 2 unspecified atom stereocenters. The summed E-state index contributed by atoms with van der Waals surface area (Å²) < 4.78 is 10.1. The fourth-order valence-corrected chi connectivity index (χ4v) is 3.07. The van der Waals surface area contributed by atoms with Gasteiger partial charge < -0.3 is 19.9 Å². The quantitative estimate of drug-likeness (QED) is 0.605. The van der Waals surface area contributed by atoms with Gasteiger partial charge in [-0.1, -0.05) is 6.42 Å². The first kappa shape index (κ1) is 15.2. The third kappa shape index (κ3) is 8.00. The summed E-state index contributed by atoms with van der Waals surface area (Å²) in [7, 11) is 1.64. The van der Waals surface area contributed by atoms with Gasteiger partial charge in [0.05, 0.1) is 25.9 Å². The maximum atomic E-state index is 9.64. The summed E-state index contributed by atoms with van der Waals surface area (Å²) in [5.74, 6) is 1.29. The summed E-state index contributed by atoms with van der Waals surface area (Å²) in [4.78, 5) is 0. The van der Waals surface area contributed by atoms with E-state index in [4.69, 9.17) is 9.47 Å². The third-order valence-electron chi connectivity index (χ3n) is 2.77. The Kier molecular flexibility index (Phi) is 9.10. The predicted molar refractivity (Wildman–Crippen MR) is 71.7 cm³/mol. The van der Waals surface area contributed by atoms with E-state index >= 15 is 0 Å². The van der Waals surface area contributed by atoms with Crippen LogP contribution in [0.25, 0.3) is 0 Å². The van der Waals surface area contributed by atoms with Gasteiger partial charge in [0.25, 0.3) is 0 Å². The summed E-state index contributed by atoms with van der Waals surface area (Å²) in [6, 6.07) is 0. The van der Waals surface area contributed by atoms with Gasteiger partial charge in [-0.25, -0.2) is 0 Å². The van der Waals surface area contributed by atoms with Crippen molar-refractivity contribution in [2.45, 2.75) is 30.6 Å². The maximum absolute atomic E-state index is 9.64. The lowest BCUT2D eigenvalue weighted by Crippen LogP contribution is -2.35. The van der Waals surface area contributed by atoms with Crippen molar-refractivity contribution in [3.05, 3.63) is 0 Å². The Morgan fingerprint density at radius 1 is 1.41 bits per heavy atom. The number of rotatable bonds is 9. The normalized spacial score (nSPS) is 22.6. The summed E-state index contributed by atoms with van der Waals surface area (Å²) in [5.41, 5.74) is 0. The van der Waals surface area contributed by atoms with Crippen molar-refractivity contribution >= 4 is 11.8 Å². The standard InChI is InChI=1S/C12H25NO3S/c1-15-5-6-16-10-11(14)8-13-9-12-4-2-3-7-17-12/h11-14H,2-10H2,1H3. The fraction of sp³-hybridized carbons (Fsp3) is 1.00. The number of nitrogens with one attached hydrogen (secondary N) is 1. The van der Waals surface area contributed by atoms with Crippen molar-refractivity contribution in [2.24, 2.45) is 0 Å². The minimum atomic E-state index is -0.416. The molecule has 2 N–H and O–H groups in total. The molecule has 4 nitrogen and oxygen atoms in total. The lowest BCUT2D eigenvalue weighted by atomic mass is 10.2. The molecule has 0 aromatic carbocycles. The van der Waals surface area contributed by atoms with Crippen LogP contribution in [-0.2, 0) is 9.47 Å². The summed E-state index contributed by atoms with van der Waals surface area (Å²) in [6.45, 7) is 3.13. The molecule has 1 heterocycles. The van der Waals surface area contributed by atoms with Crippen LogP contribution in [0.2, 0.25) is 0 Å². The Hall–Kier alpha value is 0.190. The highest BCUT2D eigenvalue weighted by atomic mass is 32.2. The molecular formula is C12H25NO3S. The monoisotopic (exact) mass is 263 g/mol. The predicted octanol–water partition coefficient (Wildman–Crippen LogP) is 0.886. The van der Waals surface area contributed by atoms with Crippen LogP contribution in [0, 0.1) is 0 Å². The Labute approximate surface area is 108 Å². The van der Waals surface area contributed by atoms with Gasteiger partial charge >= 0.3 is 0 Å². The van der Waals surface area contributed by atoms with Crippen LogP contribution in [0.15, 0.2) is 0 Å². The first-order chi connectivity index (χ1) is 8.33. The first-order valence-electron chi connectivity index (χ1n) is 6.40. The van der Waals surface area contributed by atoms with Crippen LogP contribution in [0.3, 0.4) is 0 Å². The van der Waals surface area contributed by atoms with Crippen molar-refractivity contribution in [3.8, 4) is 0 Å². The van der Waals surface area contributed by atoms with Crippen LogP contribution in [0.4, 0.5) is 0 Å². The molecule has 0 aliphatic carbocycles. The van der Waals surface area contributed by atoms with Crippen molar-refractivity contribution in [1.29, 1.82) is 0 Å². The van der Waals surface area contributed by atoms with Crippen LogP contribution in [0.5, 0.6) is 0 Å². The molecule has 5 heteroatoms. The van der Waals surface area contributed by atoms with Crippen molar-refractivity contribution in [1.82, 2.24) is 5.32 Å². The van der Waals surface area contributed by atoms with Crippen LogP contribution in [0.1, 0.15) is 19.3 Å². The number of hydrogen-bond acceptors (Lipinski definition) is 5. The molecule has 0 saturated carbocycles. The van der Waals surface area contributed by atoms with E-state index in [1.807, 2.05) is 11.8 Å². The second-order valence-corrected chi connectivity index (χ2v) is 5.78. The molecule has 0 aromatic rings. The number of hydrogen-bond donors (Lipinski definition) is 2. The molecule has 1 aliphatic heterocycles. The van der Waals surface area contributed by atoms with E-state index < -0.39 is 6.10 Å². The fourth-order valence-electron chi connectivity index (χ4n) is 1.80. The molecule has 1 fully saturated rings. The third-order valence-corrected chi connectivity index (χ3v) is 4.17. The zero-order valence-electron chi connectivity index (χ0n) is 10.7. The minimum Gasteiger partial charge on any atom is -0.389 e. The Balaban J connectivity index is 1.90. The molecule has 2 atom stereocenters. The highest BCUT2D eigenvalue weighted by Crippen LogP contribution is 2.24. The summed E-state index contributed by atoms with van der Waals surface area (Å²) >= 11 is 2.05. The first-order valence-corrected chi connectivity index (χ1v) is 7.45. The summed E-state index contributed by atoms with van der Waals surface area (Å²) in [6.07, 6.45) is 3.59. The number of methoxy groups -OCH3 is 1. The number of aliphatic hydroxyl groups excluding tert-OH is 1. The Morgan fingerprint density at radius 2 is 2.29 bits per heavy atom. The van der Waals surface area contributed by atoms with E-state index in [1.165, 1.54) is 25.0 Å². The van der Waals surface area contributed by atoms with Crippen LogP contribution in [-0.4, -0.2) is 62.2 Å². The van der Waals surface area contributed by atoms with Crippen LogP contribution < -0.4 is 5.32 Å². The molecule has 1 saturated heterocycles. The Morgan fingerprint density at radius 3 is 3.00 bits per heavy atom. The molecule has 0 radical (unpaired) electrons. The molecule has 0 amide bonds. The van der Waals surface area contributed by atoms with E-state index in [-0.39, 0.29) is 0 Å². The van der Waals surface area contributed by atoms with Crippen molar-refractivity contribution in [2.75, 3.05) is 45.8 Å². The molecule has 0 bridgehead atoms. The van der Waals surface area contributed by atoms with E-state index in [0.717, 1.165) is 11.8 Å². The molecular weight excluding hydrogens is 238 g/mol. The van der Waals surface area contributed by atoms with Gasteiger partial charge in [0.2, 0.25) is 0 Å². The largest absolute Gasteiger partial charge is 0.389 e. The van der Waals surface area contributed by atoms with Gasteiger partial charge in [-0.05, 0) is 18.6 Å². The number of aliphatic hydroxyl groups is 1. The van der Waals surface area contributed by atoms with E-state index in [1.54, 1.807) is 7.11 Å². The average molecular weight is 263 g/mol. The molecule has 102 valence electrons. The number of ether oxygens (including phenoxy) is 2. The summed E-state index contributed by atoms with van der Waals surface area (Å²) in [5, 5.41) is 13.7. The smallest absolute Gasteiger partial charge is 0.0897 e. The van der Waals surface area contributed by atoms with Crippen molar-refractivity contribution in [3.63, 3.8) is 0 Å². The lowest BCUT2D eigenvalue weighted by molar-refractivity contribution is 0.0139. The molecule has 17 heavy (non-hydrogen) atoms. The second-order valence-electron chi connectivity index (χ2n) is 4.37. The average Bonchev–Trinajstić information content (AvgIpc) is 2.36. The van der Waals surface area contributed by atoms with E-state index in [0.29, 0.717) is 26.4 Å². The molecule has 1 rings (SSSR count). The van der Waals surface area contributed by atoms with Gasteiger partial charge in [-0.2, -0.15) is 11.8 Å². The van der Waals surface area contributed by atoms with E-state index in [9.17, 15) is 5.11 Å². The highest BCUT2D eigenvalue weighted by molar-refractivity contribution is 7.99. The molecule has 1 aliphatic rings. The molecule has 0 aromatic heterocycles. The van der Waals surface area contributed by atoms with Crippen LogP contribution >= 0.6 is 11.8 Å². The topological polar surface area (TPSA) is 50.7 Å². The maximum Gasteiger partial charge on any atom is 0.0897 e. The van der Waals surface area contributed by atoms with Gasteiger partial charge in [0.15, 0.2) is 0 Å². The highest BCUT2D eigenvalue weighted by Gasteiger charge is 2.13. The zero-order chi connectivity index (χ0) is 12.3. The molecule has 0 spiro atoms. The second kappa shape index (κ2) is 10.1. The SMILES string of the molecule is COCCOCC(O)CNCC1CCCCS1. The number of thioether (sulfide) groups is 1. The minimum absolute atomic E-state index is 0.383. The Bertz CT molecular complexity index is 177. The van der Waals surface area contributed by atoms with Gasteiger partial charge in [-0.3, -0.25) is 0 Å². The van der Waals surface area contributed by atoms with Gasteiger partial charge in [0.1, 0.15) is 0 Å². The zero-order valence-corrected chi connectivity index (χ0v) is 11.5. The van der Waals surface area contributed by atoms with E-state index in [2.05, 4.69) is 5.32 Å².